The number of hydrogen-bond donors (Lipinski definition) is 3. The number of anilines is 1. The fourth-order valence-corrected chi connectivity index (χ4v) is 7.77. The zero-order chi connectivity index (χ0) is 33.1. The molecule has 11 heteroatoms. The number of nitrogens with zero attached hydrogens (tertiary/aromatic N) is 5. The first-order valence-electron chi connectivity index (χ1n) is 17.5. The van der Waals surface area contributed by atoms with Gasteiger partial charge in [-0.05, 0) is 87.1 Å². The van der Waals surface area contributed by atoms with Crippen molar-refractivity contribution in [2.24, 2.45) is 24.8 Å². The first kappa shape index (κ1) is 33.2. The molecule has 2 amide bonds. The Hall–Kier alpha value is -3.70. The SMILES string of the molecule is CC(NC(=O)[C@@H]1C[C@@H](O)CN1C(=O)C(c1cc(N2CCC(CC3CCNCC3)CC2)no1)C(C)C)c1ccc(-c2ccnn2C)cc1. The Balaban J connectivity index is 1.08. The molecule has 3 aliphatic rings. The number of aliphatic hydroxyl groups excluding tert-OH is 1. The molecule has 2 unspecified atom stereocenters. The maximum Gasteiger partial charge on any atom is 0.243 e. The molecule has 0 bridgehead atoms. The standard InChI is InChI=1S/C36H51N7O4/c1-23(2)34(32-21-33(40-47-32)42-17-12-26(13-18-42)19-25-9-14-37-15-10-25)36(46)43-22-29(44)20-31(43)35(45)39-24(3)27-5-7-28(8-6-27)30-11-16-38-41(30)4/h5-8,11,16,21,23-26,29,31,34,37,44H,9-10,12-15,17-20,22H2,1-4H3,(H,39,45)/t24?,29-,31+,34?/m1/s1. The Morgan fingerprint density at radius 2 is 1.74 bits per heavy atom. The van der Waals surface area contributed by atoms with Crippen LogP contribution in [0.2, 0.25) is 0 Å². The van der Waals surface area contributed by atoms with Gasteiger partial charge in [0.2, 0.25) is 11.8 Å². The second-order valence-electron chi connectivity index (χ2n) is 14.3. The van der Waals surface area contributed by atoms with Crippen LogP contribution in [0, 0.1) is 17.8 Å². The van der Waals surface area contributed by atoms with Crippen molar-refractivity contribution in [3.05, 3.63) is 53.9 Å². The first-order chi connectivity index (χ1) is 22.7. The zero-order valence-electron chi connectivity index (χ0n) is 28.3. The third kappa shape index (κ3) is 7.56. The van der Waals surface area contributed by atoms with Crippen molar-refractivity contribution < 1.29 is 19.2 Å². The zero-order valence-corrected chi connectivity index (χ0v) is 28.3. The number of carbonyl (C=O) groups is 2. The predicted molar refractivity (Wildman–Crippen MR) is 181 cm³/mol. The van der Waals surface area contributed by atoms with Gasteiger partial charge < -0.3 is 30.1 Å². The van der Waals surface area contributed by atoms with Crippen LogP contribution in [0.25, 0.3) is 11.3 Å². The highest BCUT2D eigenvalue weighted by atomic mass is 16.5. The predicted octanol–water partition coefficient (Wildman–Crippen LogP) is 4.26. The van der Waals surface area contributed by atoms with Crippen molar-refractivity contribution in [1.29, 1.82) is 0 Å². The first-order valence-corrected chi connectivity index (χ1v) is 17.5. The molecule has 5 heterocycles. The van der Waals surface area contributed by atoms with Gasteiger partial charge in [-0.25, -0.2) is 0 Å². The lowest BCUT2D eigenvalue weighted by Gasteiger charge is -2.34. The molecule has 2 aromatic heterocycles. The van der Waals surface area contributed by atoms with Gasteiger partial charge in [0.1, 0.15) is 12.0 Å². The van der Waals surface area contributed by atoms with E-state index in [4.69, 9.17) is 4.52 Å². The molecule has 3 N–H and O–H groups in total. The minimum Gasteiger partial charge on any atom is -0.391 e. The number of β-amino-alcohol motifs (C(OH)–C–C–N with tert-alkyl or cyclic N) is 1. The van der Waals surface area contributed by atoms with Gasteiger partial charge in [-0.1, -0.05) is 43.3 Å². The summed E-state index contributed by atoms with van der Waals surface area (Å²) in [6.45, 7) is 10.2. The molecular weight excluding hydrogens is 594 g/mol. The Bertz CT molecular complexity index is 1490. The molecule has 4 atom stereocenters. The number of amides is 2. The number of aryl methyl sites for hydroxylation is 1. The summed E-state index contributed by atoms with van der Waals surface area (Å²) >= 11 is 0. The molecule has 0 radical (unpaired) electrons. The smallest absolute Gasteiger partial charge is 0.243 e. The molecule has 3 aromatic rings. The van der Waals surface area contributed by atoms with Crippen molar-refractivity contribution in [3.8, 4) is 11.3 Å². The molecule has 3 saturated heterocycles. The van der Waals surface area contributed by atoms with E-state index in [0.717, 1.165) is 73.5 Å². The lowest BCUT2D eigenvalue weighted by Crippen LogP contribution is -2.48. The molecule has 0 aliphatic carbocycles. The van der Waals surface area contributed by atoms with E-state index in [1.54, 1.807) is 6.20 Å². The van der Waals surface area contributed by atoms with Crippen LogP contribution in [-0.4, -0.2) is 81.6 Å². The van der Waals surface area contributed by atoms with Gasteiger partial charge in [0.25, 0.3) is 0 Å². The summed E-state index contributed by atoms with van der Waals surface area (Å²) in [5, 5.41) is 25.8. The summed E-state index contributed by atoms with van der Waals surface area (Å²) in [5.74, 6) is 1.70. The molecule has 254 valence electrons. The number of piperidine rings is 2. The van der Waals surface area contributed by atoms with Crippen LogP contribution in [0.3, 0.4) is 0 Å². The summed E-state index contributed by atoms with van der Waals surface area (Å²) in [6, 6.07) is 10.8. The van der Waals surface area contributed by atoms with Gasteiger partial charge in [0.05, 0.1) is 17.8 Å². The normalized spacial score (nSPS) is 22.5. The number of likely N-dealkylation sites (tertiary alicyclic amines) is 1. The highest BCUT2D eigenvalue weighted by Crippen LogP contribution is 2.35. The second kappa shape index (κ2) is 14.6. The Morgan fingerprint density at radius 3 is 2.40 bits per heavy atom. The highest BCUT2D eigenvalue weighted by Gasteiger charge is 2.43. The van der Waals surface area contributed by atoms with Crippen LogP contribution >= 0.6 is 0 Å². The minimum absolute atomic E-state index is 0.0858. The number of aromatic nitrogens is 3. The number of nitrogens with one attached hydrogen (secondary N) is 2. The number of benzene rings is 1. The quantitative estimate of drug-likeness (QED) is 0.299. The summed E-state index contributed by atoms with van der Waals surface area (Å²) in [4.78, 5) is 31.5. The lowest BCUT2D eigenvalue weighted by molar-refractivity contribution is -0.141. The van der Waals surface area contributed by atoms with Crippen LogP contribution in [0.1, 0.15) is 82.6 Å². The van der Waals surface area contributed by atoms with Crippen LogP contribution in [0.5, 0.6) is 0 Å². The third-order valence-electron chi connectivity index (χ3n) is 10.6. The second-order valence-corrected chi connectivity index (χ2v) is 14.3. The fourth-order valence-electron chi connectivity index (χ4n) is 7.77. The average Bonchev–Trinajstić information content (AvgIpc) is 3.82. The van der Waals surface area contributed by atoms with Gasteiger partial charge in [-0.3, -0.25) is 14.3 Å². The van der Waals surface area contributed by atoms with E-state index < -0.39 is 18.1 Å². The van der Waals surface area contributed by atoms with E-state index >= 15 is 0 Å². The maximum atomic E-state index is 14.1. The van der Waals surface area contributed by atoms with Crippen molar-refractivity contribution in [2.75, 3.05) is 37.6 Å². The summed E-state index contributed by atoms with van der Waals surface area (Å²) < 4.78 is 7.66. The van der Waals surface area contributed by atoms with Crippen LogP contribution in [0.15, 0.2) is 47.1 Å². The van der Waals surface area contributed by atoms with Gasteiger partial charge >= 0.3 is 0 Å². The molecule has 11 nitrogen and oxygen atoms in total. The van der Waals surface area contributed by atoms with Crippen LogP contribution in [0.4, 0.5) is 5.82 Å². The van der Waals surface area contributed by atoms with E-state index in [1.165, 1.54) is 24.2 Å². The van der Waals surface area contributed by atoms with Crippen molar-refractivity contribution in [3.63, 3.8) is 0 Å². The number of hydrogen-bond acceptors (Lipinski definition) is 8. The van der Waals surface area contributed by atoms with Gasteiger partial charge in [-0.2, -0.15) is 5.10 Å². The monoisotopic (exact) mass is 645 g/mol. The van der Waals surface area contributed by atoms with Crippen molar-refractivity contribution in [1.82, 2.24) is 30.5 Å². The topological polar surface area (TPSA) is 129 Å². The van der Waals surface area contributed by atoms with Gasteiger partial charge in [0, 0.05) is 45.4 Å². The largest absolute Gasteiger partial charge is 0.391 e. The fraction of sp³-hybridized carbons (Fsp3) is 0.611. The average molecular weight is 646 g/mol. The molecule has 47 heavy (non-hydrogen) atoms. The Kier molecular flexibility index (Phi) is 10.3. The third-order valence-corrected chi connectivity index (χ3v) is 10.6. The van der Waals surface area contributed by atoms with Gasteiger partial charge in [-0.15, -0.1) is 0 Å². The molecule has 6 rings (SSSR count). The molecule has 0 spiro atoms. The highest BCUT2D eigenvalue weighted by molar-refractivity contribution is 5.91. The molecule has 3 fully saturated rings. The van der Waals surface area contributed by atoms with Gasteiger partial charge in [0.15, 0.2) is 11.6 Å². The van der Waals surface area contributed by atoms with Crippen molar-refractivity contribution in [2.45, 2.75) is 83.4 Å². The van der Waals surface area contributed by atoms with E-state index in [-0.39, 0.29) is 36.7 Å². The molecule has 0 saturated carbocycles. The Morgan fingerprint density at radius 1 is 1.04 bits per heavy atom. The Labute approximate surface area is 278 Å². The molecule has 1 aromatic carbocycles. The molecule has 3 aliphatic heterocycles. The number of carbonyl (C=O) groups excluding carboxylic acids is 2. The van der Waals surface area contributed by atoms with E-state index in [0.29, 0.717) is 5.76 Å². The molecular formula is C36H51N7O4. The summed E-state index contributed by atoms with van der Waals surface area (Å²) in [5.41, 5.74) is 2.99. The lowest BCUT2D eigenvalue weighted by atomic mass is 9.83. The van der Waals surface area contributed by atoms with Crippen LogP contribution < -0.4 is 15.5 Å². The maximum absolute atomic E-state index is 14.1. The van der Waals surface area contributed by atoms with E-state index in [2.05, 4.69) is 25.8 Å². The van der Waals surface area contributed by atoms with Crippen LogP contribution in [-0.2, 0) is 16.6 Å². The summed E-state index contributed by atoms with van der Waals surface area (Å²) in [7, 11) is 1.90. The van der Waals surface area contributed by atoms with Crippen molar-refractivity contribution >= 4 is 17.6 Å². The van der Waals surface area contributed by atoms with E-state index in [1.807, 2.05) is 68.9 Å². The number of aliphatic hydroxyl groups is 1. The summed E-state index contributed by atoms with van der Waals surface area (Å²) in [6.07, 6.45) is 7.37. The minimum atomic E-state index is -0.771. The number of rotatable bonds is 10. The van der Waals surface area contributed by atoms with E-state index in [9.17, 15) is 14.7 Å².